The molecule has 4 rings (SSSR count). The average molecular weight is 424 g/mol. The number of thioether (sulfide) groups is 1. The second-order valence-electron chi connectivity index (χ2n) is 6.53. The predicted molar refractivity (Wildman–Crippen MR) is 99.6 cm³/mol. The number of rotatable bonds is 4. The number of benzene rings is 2. The zero-order chi connectivity index (χ0) is 20.6. The van der Waals surface area contributed by atoms with Gasteiger partial charge < -0.3 is 20.1 Å². The molecule has 0 radical (unpaired) electrons. The molecule has 6 nitrogen and oxygen atoms in total. The smallest absolute Gasteiger partial charge is 0.395 e. The average Bonchev–Trinajstić information content (AvgIpc) is 2.98. The van der Waals surface area contributed by atoms with Gasteiger partial charge in [-0.2, -0.15) is 0 Å². The van der Waals surface area contributed by atoms with Crippen LogP contribution in [0.25, 0.3) is 0 Å². The molecule has 2 aliphatic rings. The zero-order valence-corrected chi connectivity index (χ0v) is 15.6. The molecule has 29 heavy (non-hydrogen) atoms. The molecule has 1 saturated heterocycles. The van der Waals surface area contributed by atoms with Crippen LogP contribution < -0.4 is 20.1 Å². The van der Waals surface area contributed by atoms with Crippen molar-refractivity contribution >= 4 is 29.3 Å². The minimum atomic E-state index is -3.74. The quantitative estimate of drug-likeness (QED) is 0.790. The van der Waals surface area contributed by atoms with Gasteiger partial charge in [-0.05, 0) is 36.2 Å². The highest BCUT2D eigenvalue weighted by molar-refractivity contribution is 8.00. The number of hydrogen-bond donors (Lipinski definition) is 2. The third-order valence-corrected chi connectivity index (χ3v) is 5.70. The Labute approximate surface area is 167 Å². The van der Waals surface area contributed by atoms with Crippen LogP contribution in [0.15, 0.2) is 42.5 Å². The number of hydrogen-bond acceptors (Lipinski definition) is 5. The number of carbonyl (C=O) groups excluding carboxylic acids is 2. The molecule has 0 aliphatic carbocycles. The normalized spacial score (nSPS) is 22.1. The van der Waals surface area contributed by atoms with Crippen LogP contribution in [0.2, 0.25) is 0 Å². The molecule has 2 heterocycles. The van der Waals surface area contributed by atoms with Crippen LogP contribution >= 0.6 is 11.8 Å². The van der Waals surface area contributed by atoms with Crippen molar-refractivity contribution < 1.29 is 32.2 Å². The van der Waals surface area contributed by atoms with E-state index in [4.69, 9.17) is 0 Å². The molecule has 0 unspecified atom stereocenters. The monoisotopic (exact) mass is 424 g/mol. The Morgan fingerprint density at radius 1 is 1.17 bits per heavy atom. The Kier molecular flexibility index (Phi) is 5.03. The van der Waals surface area contributed by atoms with Gasteiger partial charge in [0.25, 0.3) is 0 Å². The minimum Gasteiger partial charge on any atom is -0.395 e. The first kappa shape index (κ1) is 19.4. The van der Waals surface area contributed by atoms with Crippen LogP contribution in [-0.2, 0) is 16.0 Å². The van der Waals surface area contributed by atoms with Crippen molar-refractivity contribution in [2.24, 2.45) is 0 Å². The first-order valence-corrected chi connectivity index (χ1v) is 9.71. The largest absolute Gasteiger partial charge is 0.586 e. The van der Waals surface area contributed by atoms with E-state index in [9.17, 15) is 22.8 Å². The number of halogens is 3. The van der Waals surface area contributed by atoms with E-state index in [-0.39, 0.29) is 28.9 Å². The molecular weight excluding hydrogens is 409 g/mol. The van der Waals surface area contributed by atoms with E-state index in [1.54, 1.807) is 12.1 Å². The van der Waals surface area contributed by atoms with Gasteiger partial charge in [0.1, 0.15) is 11.9 Å². The Balaban J connectivity index is 1.34. The fourth-order valence-corrected chi connectivity index (χ4v) is 4.17. The molecule has 0 saturated carbocycles. The lowest BCUT2D eigenvalue weighted by molar-refractivity contribution is -0.286. The maximum atomic E-state index is 13.1. The summed E-state index contributed by atoms with van der Waals surface area (Å²) in [5.74, 6) is -1.09. The fraction of sp³-hybridized carbons (Fsp3) is 0.263. The van der Waals surface area contributed by atoms with Crippen molar-refractivity contribution in [2.45, 2.75) is 24.0 Å². The van der Waals surface area contributed by atoms with Crippen LogP contribution in [0.3, 0.4) is 0 Å². The van der Waals surface area contributed by atoms with Gasteiger partial charge in [0.15, 0.2) is 11.5 Å². The highest BCUT2D eigenvalue weighted by Gasteiger charge is 2.43. The first-order chi connectivity index (χ1) is 13.8. The second kappa shape index (κ2) is 7.51. The summed E-state index contributed by atoms with van der Waals surface area (Å²) in [6.45, 7) is 0. The lowest BCUT2D eigenvalue weighted by atomic mass is 10.1. The lowest BCUT2D eigenvalue weighted by Crippen LogP contribution is -2.52. The highest BCUT2D eigenvalue weighted by atomic mass is 32.2. The number of anilines is 1. The molecule has 2 amide bonds. The second-order valence-corrected chi connectivity index (χ2v) is 7.77. The standard InChI is InChI=1S/C19H15F3N2O4S/c20-11-3-1-10(2-4-11)7-16-18(26)24-13(9-29-16)17(25)23-12-5-6-14-15(8-12)28-19(21,22)27-14/h1-6,8,13,16H,7,9H2,(H,23,25)(H,24,26)/t13-,16-/m1/s1. The number of alkyl halides is 2. The summed E-state index contributed by atoms with van der Waals surface area (Å²) >= 11 is 1.33. The summed E-state index contributed by atoms with van der Waals surface area (Å²) in [6, 6.07) is 9.01. The lowest BCUT2D eigenvalue weighted by Gasteiger charge is -2.28. The van der Waals surface area contributed by atoms with E-state index >= 15 is 0 Å². The van der Waals surface area contributed by atoms with Gasteiger partial charge in [-0.1, -0.05) is 12.1 Å². The molecule has 10 heteroatoms. The summed E-state index contributed by atoms with van der Waals surface area (Å²) in [5, 5.41) is 4.84. The third-order valence-electron chi connectivity index (χ3n) is 4.39. The van der Waals surface area contributed by atoms with E-state index < -0.39 is 23.5 Å². The van der Waals surface area contributed by atoms with Crippen LogP contribution in [0.5, 0.6) is 11.5 Å². The molecule has 2 N–H and O–H groups in total. The Morgan fingerprint density at radius 3 is 2.62 bits per heavy atom. The Morgan fingerprint density at radius 2 is 1.90 bits per heavy atom. The molecule has 2 aliphatic heterocycles. The fourth-order valence-electron chi connectivity index (χ4n) is 2.98. The number of carbonyl (C=O) groups is 2. The number of fused-ring (bicyclic) bond motifs is 1. The van der Waals surface area contributed by atoms with E-state index in [2.05, 4.69) is 20.1 Å². The van der Waals surface area contributed by atoms with E-state index in [0.717, 1.165) is 5.56 Å². The van der Waals surface area contributed by atoms with Crippen molar-refractivity contribution in [2.75, 3.05) is 11.1 Å². The molecule has 152 valence electrons. The predicted octanol–water partition coefficient (Wildman–Crippen LogP) is 2.93. The van der Waals surface area contributed by atoms with Crippen LogP contribution in [0.4, 0.5) is 18.9 Å². The molecule has 0 aromatic heterocycles. The van der Waals surface area contributed by atoms with Crippen molar-refractivity contribution in [3.63, 3.8) is 0 Å². The number of ether oxygens (including phenoxy) is 2. The molecule has 0 spiro atoms. The van der Waals surface area contributed by atoms with Crippen LogP contribution in [-0.4, -0.2) is 35.2 Å². The highest BCUT2D eigenvalue weighted by Crippen LogP contribution is 2.42. The SMILES string of the molecule is O=C(Nc1ccc2c(c1)OC(F)(F)O2)[C@H]1CS[C@H](Cc2ccc(F)cc2)C(=O)N1. The van der Waals surface area contributed by atoms with Gasteiger partial charge in [-0.3, -0.25) is 9.59 Å². The van der Waals surface area contributed by atoms with E-state index in [1.807, 2.05) is 0 Å². The summed E-state index contributed by atoms with van der Waals surface area (Å²) in [5.41, 5.74) is 1.06. The molecule has 2 atom stereocenters. The third kappa shape index (κ3) is 4.42. The van der Waals surface area contributed by atoms with E-state index in [1.165, 1.54) is 42.1 Å². The maximum absolute atomic E-state index is 13.1. The zero-order valence-electron chi connectivity index (χ0n) is 14.8. The van der Waals surface area contributed by atoms with Crippen molar-refractivity contribution in [1.29, 1.82) is 0 Å². The summed E-state index contributed by atoms with van der Waals surface area (Å²) in [6.07, 6.45) is -3.32. The van der Waals surface area contributed by atoms with Gasteiger partial charge in [0, 0.05) is 17.5 Å². The molecule has 2 aromatic rings. The Bertz CT molecular complexity index is 955. The molecule has 2 aromatic carbocycles. The number of amides is 2. The topological polar surface area (TPSA) is 76.7 Å². The Hall–Kier alpha value is -2.88. The van der Waals surface area contributed by atoms with Gasteiger partial charge >= 0.3 is 6.29 Å². The van der Waals surface area contributed by atoms with E-state index in [0.29, 0.717) is 12.2 Å². The summed E-state index contributed by atoms with van der Waals surface area (Å²) < 4.78 is 47.8. The summed E-state index contributed by atoms with van der Waals surface area (Å²) in [7, 11) is 0. The van der Waals surface area contributed by atoms with Crippen molar-refractivity contribution in [3.05, 3.63) is 53.8 Å². The van der Waals surface area contributed by atoms with Gasteiger partial charge in [-0.25, -0.2) is 4.39 Å². The molecule has 0 bridgehead atoms. The van der Waals surface area contributed by atoms with Crippen LogP contribution in [0, 0.1) is 5.82 Å². The van der Waals surface area contributed by atoms with Gasteiger partial charge in [0.2, 0.25) is 11.8 Å². The number of nitrogens with one attached hydrogen (secondary N) is 2. The first-order valence-electron chi connectivity index (χ1n) is 8.66. The minimum absolute atomic E-state index is 0.127. The van der Waals surface area contributed by atoms with Gasteiger partial charge in [-0.15, -0.1) is 20.5 Å². The van der Waals surface area contributed by atoms with Crippen molar-refractivity contribution in [1.82, 2.24) is 5.32 Å². The van der Waals surface area contributed by atoms with Gasteiger partial charge in [0.05, 0.1) is 5.25 Å². The van der Waals surface area contributed by atoms with Crippen molar-refractivity contribution in [3.8, 4) is 11.5 Å². The maximum Gasteiger partial charge on any atom is 0.586 e. The molecule has 1 fully saturated rings. The van der Waals surface area contributed by atoms with Crippen LogP contribution in [0.1, 0.15) is 5.56 Å². The molecular formula is C19H15F3N2O4S. The summed E-state index contributed by atoms with van der Waals surface area (Å²) in [4.78, 5) is 24.8.